The second-order valence-electron chi connectivity index (χ2n) is 11.4. The molecular formula is C34H25F2N5O2. The highest BCUT2D eigenvalue weighted by Gasteiger charge is 2.46. The quantitative estimate of drug-likeness (QED) is 0.276. The van der Waals surface area contributed by atoms with Crippen LogP contribution in [0.25, 0.3) is 10.9 Å². The standard InChI is InChI=1S/C34H25F2N5O2/c1-34(2)15-28-31(29(42)16-34)30(24(18-38)32(39)41(28)27-14-21(35)9-12-25(27)36)23-13-20-5-3-4-6-26(20)40-33(23)43-22-10-7-19(17-37)8-11-22/h3-14,30H,15-16,39H2,1-2H3. The summed E-state index contributed by atoms with van der Waals surface area (Å²) in [4.78, 5) is 20.1. The Morgan fingerprint density at radius 1 is 1.00 bits per heavy atom. The van der Waals surface area contributed by atoms with Crippen LogP contribution in [0.5, 0.6) is 11.6 Å². The topological polar surface area (TPSA) is 116 Å². The molecule has 1 aliphatic heterocycles. The molecule has 9 heteroatoms. The van der Waals surface area contributed by atoms with Crippen molar-refractivity contribution in [2.24, 2.45) is 11.1 Å². The second-order valence-corrected chi connectivity index (χ2v) is 11.4. The number of fused-ring (bicyclic) bond motifs is 1. The molecule has 2 N–H and O–H groups in total. The summed E-state index contributed by atoms with van der Waals surface area (Å²) in [6.45, 7) is 3.83. The van der Waals surface area contributed by atoms with Gasteiger partial charge in [0, 0.05) is 34.7 Å². The molecule has 0 saturated heterocycles. The Morgan fingerprint density at radius 3 is 2.47 bits per heavy atom. The average molecular weight is 574 g/mol. The first-order valence-corrected chi connectivity index (χ1v) is 13.6. The van der Waals surface area contributed by atoms with Gasteiger partial charge in [-0.05, 0) is 60.4 Å². The number of carbonyl (C=O) groups excluding carboxylic acids is 1. The van der Waals surface area contributed by atoms with Gasteiger partial charge in [0.25, 0.3) is 0 Å². The predicted molar refractivity (Wildman–Crippen MR) is 156 cm³/mol. The van der Waals surface area contributed by atoms with Crippen molar-refractivity contribution in [3.05, 3.63) is 118 Å². The number of carbonyl (C=O) groups is 1. The minimum absolute atomic E-state index is 0.0165. The highest BCUT2D eigenvalue weighted by Crippen LogP contribution is 2.52. The number of allylic oxidation sites excluding steroid dienone is 3. The number of para-hydroxylation sites is 1. The Bertz CT molecular complexity index is 1970. The van der Waals surface area contributed by atoms with E-state index >= 15 is 4.39 Å². The first-order chi connectivity index (χ1) is 20.6. The lowest BCUT2D eigenvalue weighted by atomic mass is 9.68. The largest absolute Gasteiger partial charge is 0.439 e. The van der Waals surface area contributed by atoms with Gasteiger partial charge in [-0.3, -0.25) is 9.69 Å². The number of ketones is 1. The third-order valence-electron chi connectivity index (χ3n) is 7.76. The van der Waals surface area contributed by atoms with E-state index in [0.29, 0.717) is 34.5 Å². The molecule has 1 atom stereocenters. The van der Waals surface area contributed by atoms with Gasteiger partial charge in [0.05, 0.1) is 40.4 Å². The van der Waals surface area contributed by atoms with Crippen molar-refractivity contribution in [2.75, 3.05) is 4.90 Å². The Morgan fingerprint density at radius 2 is 1.74 bits per heavy atom. The molecule has 2 aliphatic rings. The van der Waals surface area contributed by atoms with E-state index in [1.807, 2.05) is 44.2 Å². The van der Waals surface area contributed by atoms with Gasteiger partial charge < -0.3 is 10.5 Å². The van der Waals surface area contributed by atoms with Gasteiger partial charge in [0.2, 0.25) is 5.88 Å². The fourth-order valence-corrected chi connectivity index (χ4v) is 5.86. The second kappa shape index (κ2) is 10.4. The number of benzene rings is 3. The van der Waals surface area contributed by atoms with Crippen molar-refractivity contribution in [1.82, 2.24) is 4.98 Å². The summed E-state index contributed by atoms with van der Waals surface area (Å²) in [5.74, 6) is -2.24. The van der Waals surface area contributed by atoms with Gasteiger partial charge in [0.1, 0.15) is 23.2 Å². The molecular weight excluding hydrogens is 548 g/mol. The minimum atomic E-state index is -0.984. The monoisotopic (exact) mass is 573 g/mol. The number of nitrogens with zero attached hydrogens (tertiary/aromatic N) is 4. The minimum Gasteiger partial charge on any atom is -0.439 e. The highest BCUT2D eigenvalue weighted by molar-refractivity contribution is 6.02. The number of nitriles is 2. The lowest BCUT2D eigenvalue weighted by Crippen LogP contribution is -2.42. The van der Waals surface area contributed by atoms with E-state index in [0.717, 1.165) is 23.6 Å². The number of hydrogen-bond donors (Lipinski definition) is 1. The van der Waals surface area contributed by atoms with Gasteiger partial charge in [-0.2, -0.15) is 10.5 Å². The molecule has 7 nitrogen and oxygen atoms in total. The third kappa shape index (κ3) is 4.85. The molecule has 0 amide bonds. The van der Waals surface area contributed by atoms with Gasteiger partial charge in [-0.25, -0.2) is 13.8 Å². The number of nitrogens with two attached hydrogens (primary N) is 1. The number of anilines is 1. The molecule has 0 bridgehead atoms. The van der Waals surface area contributed by atoms with Crippen LogP contribution < -0.4 is 15.4 Å². The summed E-state index contributed by atoms with van der Waals surface area (Å²) in [5.41, 5.74) is 8.08. The lowest BCUT2D eigenvalue weighted by Gasteiger charge is -2.43. The third-order valence-corrected chi connectivity index (χ3v) is 7.76. The maximum atomic E-state index is 15.2. The molecule has 4 aromatic rings. The average Bonchev–Trinajstić information content (AvgIpc) is 2.97. The molecule has 3 aromatic carbocycles. The molecule has 2 heterocycles. The van der Waals surface area contributed by atoms with Gasteiger partial charge >= 0.3 is 0 Å². The van der Waals surface area contributed by atoms with Gasteiger partial charge in [-0.1, -0.05) is 32.0 Å². The Hall–Kier alpha value is -5.54. The molecule has 1 aromatic heterocycles. The molecule has 0 saturated carbocycles. The van der Waals surface area contributed by atoms with Crippen molar-refractivity contribution < 1.29 is 18.3 Å². The zero-order valence-electron chi connectivity index (χ0n) is 23.4. The van der Waals surface area contributed by atoms with Crippen LogP contribution >= 0.6 is 0 Å². The first kappa shape index (κ1) is 27.6. The van der Waals surface area contributed by atoms with Gasteiger partial charge in [-0.15, -0.1) is 0 Å². The van der Waals surface area contributed by atoms with Crippen LogP contribution in [0.15, 0.2) is 95.5 Å². The van der Waals surface area contributed by atoms with E-state index in [1.54, 1.807) is 24.3 Å². The lowest BCUT2D eigenvalue weighted by molar-refractivity contribution is -0.118. The first-order valence-electron chi connectivity index (χ1n) is 13.6. The van der Waals surface area contributed by atoms with Crippen LogP contribution in [-0.2, 0) is 4.79 Å². The molecule has 43 heavy (non-hydrogen) atoms. The summed E-state index contributed by atoms with van der Waals surface area (Å²) in [7, 11) is 0. The number of ether oxygens (including phenoxy) is 1. The van der Waals surface area contributed by atoms with Crippen LogP contribution in [0, 0.1) is 39.7 Å². The molecule has 6 rings (SSSR count). The van der Waals surface area contributed by atoms with Crippen LogP contribution in [0.1, 0.15) is 43.7 Å². The van der Waals surface area contributed by atoms with Crippen LogP contribution in [0.4, 0.5) is 14.5 Å². The molecule has 212 valence electrons. The number of aromatic nitrogens is 1. The van der Waals surface area contributed by atoms with Crippen molar-refractivity contribution in [3.63, 3.8) is 0 Å². The molecule has 0 fully saturated rings. The fraction of sp³-hybridized carbons (Fsp3) is 0.176. The maximum absolute atomic E-state index is 15.2. The van der Waals surface area contributed by atoms with Gasteiger partial charge in [0.15, 0.2) is 5.78 Å². The summed E-state index contributed by atoms with van der Waals surface area (Å²) < 4.78 is 35.9. The number of pyridine rings is 1. The summed E-state index contributed by atoms with van der Waals surface area (Å²) in [6.07, 6.45) is 0.486. The van der Waals surface area contributed by atoms with Crippen molar-refractivity contribution in [1.29, 1.82) is 10.5 Å². The number of Topliss-reactive ketones (excluding diaryl/α,β-unsaturated/α-hetero) is 1. The summed E-state index contributed by atoms with van der Waals surface area (Å²) >= 11 is 0. The Labute approximate surface area is 246 Å². The summed E-state index contributed by atoms with van der Waals surface area (Å²) in [5, 5.41) is 20.4. The van der Waals surface area contributed by atoms with E-state index in [-0.39, 0.29) is 40.7 Å². The Balaban J connectivity index is 1.63. The van der Waals surface area contributed by atoms with E-state index in [4.69, 9.17) is 15.5 Å². The number of rotatable bonds is 4. The SMILES string of the molecule is CC1(C)CC(=O)C2=C(C1)N(c1cc(F)ccc1F)C(N)=C(C#N)C2c1cc2ccccc2nc1Oc1ccc(C#N)cc1. The Kier molecular flexibility index (Phi) is 6.67. The zero-order valence-corrected chi connectivity index (χ0v) is 23.4. The molecule has 1 aliphatic carbocycles. The fourth-order valence-electron chi connectivity index (χ4n) is 5.86. The molecule has 0 spiro atoms. The maximum Gasteiger partial charge on any atom is 0.224 e. The van der Waals surface area contributed by atoms with Crippen LogP contribution in [0.3, 0.4) is 0 Å². The molecule has 0 radical (unpaired) electrons. The smallest absolute Gasteiger partial charge is 0.224 e. The van der Waals surface area contributed by atoms with E-state index < -0.39 is 23.0 Å². The van der Waals surface area contributed by atoms with Crippen LogP contribution in [0.2, 0.25) is 0 Å². The van der Waals surface area contributed by atoms with E-state index in [2.05, 4.69) is 12.1 Å². The summed E-state index contributed by atoms with van der Waals surface area (Å²) in [6, 6.07) is 22.8. The van der Waals surface area contributed by atoms with Crippen molar-refractivity contribution in [2.45, 2.75) is 32.6 Å². The van der Waals surface area contributed by atoms with Crippen molar-refractivity contribution in [3.8, 4) is 23.8 Å². The van der Waals surface area contributed by atoms with E-state index in [1.165, 1.54) is 4.90 Å². The van der Waals surface area contributed by atoms with E-state index in [9.17, 15) is 19.7 Å². The predicted octanol–water partition coefficient (Wildman–Crippen LogP) is 7.12. The zero-order chi connectivity index (χ0) is 30.5. The normalized spacial score (nSPS) is 17.9. The number of halogens is 2. The van der Waals surface area contributed by atoms with Crippen molar-refractivity contribution >= 4 is 22.4 Å². The highest BCUT2D eigenvalue weighted by atomic mass is 19.1. The van der Waals surface area contributed by atoms with Crippen LogP contribution in [-0.4, -0.2) is 10.8 Å². The molecule has 1 unspecified atom stereocenters. The number of hydrogen-bond acceptors (Lipinski definition) is 7.